The van der Waals surface area contributed by atoms with Crippen LogP contribution in [0.15, 0.2) is 29.6 Å². The Labute approximate surface area is 141 Å². The Balaban J connectivity index is 1.64. The molecule has 3 rings (SSSR count). The van der Waals surface area contributed by atoms with Crippen LogP contribution in [0, 0.1) is 13.8 Å². The van der Waals surface area contributed by atoms with E-state index >= 15 is 0 Å². The van der Waals surface area contributed by atoms with Gasteiger partial charge in [-0.1, -0.05) is 18.2 Å². The zero-order valence-electron chi connectivity index (χ0n) is 12.8. The number of hydrogen-bond acceptors (Lipinski definition) is 6. The summed E-state index contributed by atoms with van der Waals surface area (Å²) in [4.78, 5) is 29.0. The molecule has 0 aliphatic heterocycles. The molecule has 0 amide bonds. The molecule has 0 spiro atoms. The third-order valence-electron chi connectivity index (χ3n) is 3.45. The Kier molecular flexibility index (Phi) is 4.54. The largest absolute Gasteiger partial charge is 0.457 e. The number of esters is 1. The molecule has 4 nitrogen and oxygen atoms in total. The van der Waals surface area contributed by atoms with Crippen LogP contribution >= 0.6 is 22.7 Å². The number of aromatic nitrogens is 1. The molecule has 0 bridgehead atoms. The van der Waals surface area contributed by atoms with Gasteiger partial charge in [0.05, 0.1) is 22.0 Å². The number of aryl methyl sites for hydroxylation is 2. The maximum absolute atomic E-state index is 12.3. The molecule has 2 heterocycles. The van der Waals surface area contributed by atoms with E-state index in [2.05, 4.69) is 4.98 Å². The quantitative estimate of drug-likeness (QED) is 0.519. The molecule has 0 fully saturated rings. The first-order chi connectivity index (χ1) is 11.0. The van der Waals surface area contributed by atoms with Crippen molar-refractivity contribution >= 4 is 44.5 Å². The Bertz CT molecular complexity index is 879. The highest BCUT2D eigenvalue weighted by Crippen LogP contribution is 2.30. The van der Waals surface area contributed by atoms with Gasteiger partial charge in [0.15, 0.2) is 6.61 Å². The molecule has 0 atom stereocenters. The molecule has 6 heteroatoms. The normalized spacial score (nSPS) is 10.9. The molecule has 0 saturated heterocycles. The van der Waals surface area contributed by atoms with Gasteiger partial charge in [0, 0.05) is 10.1 Å². The molecule has 0 aliphatic carbocycles. The van der Waals surface area contributed by atoms with Gasteiger partial charge in [0.1, 0.15) is 0 Å². The number of Topliss-reactive ketones (excluding diaryl/α,β-unsaturated/α-hetero) is 1. The third-order valence-corrected chi connectivity index (χ3v) is 5.59. The average Bonchev–Trinajstić information content (AvgIpc) is 3.09. The minimum Gasteiger partial charge on any atom is -0.457 e. The summed E-state index contributed by atoms with van der Waals surface area (Å²) >= 11 is 2.93. The van der Waals surface area contributed by atoms with Gasteiger partial charge in [0.25, 0.3) is 0 Å². The predicted molar refractivity (Wildman–Crippen MR) is 92.4 cm³/mol. The topological polar surface area (TPSA) is 56.3 Å². The van der Waals surface area contributed by atoms with E-state index < -0.39 is 5.97 Å². The van der Waals surface area contributed by atoms with Crippen LogP contribution in [-0.2, 0) is 16.0 Å². The average molecular weight is 345 g/mol. The van der Waals surface area contributed by atoms with Crippen LogP contribution in [0.2, 0.25) is 0 Å². The van der Waals surface area contributed by atoms with Crippen LogP contribution in [0.4, 0.5) is 0 Å². The van der Waals surface area contributed by atoms with E-state index in [0.717, 1.165) is 20.7 Å². The summed E-state index contributed by atoms with van der Waals surface area (Å²) in [6.07, 6.45) is 0.100. The summed E-state index contributed by atoms with van der Waals surface area (Å²) in [5.41, 5.74) is 1.63. The molecule has 0 aliphatic rings. The van der Waals surface area contributed by atoms with Crippen LogP contribution in [-0.4, -0.2) is 23.3 Å². The van der Waals surface area contributed by atoms with Crippen LogP contribution in [0.25, 0.3) is 10.1 Å². The number of ether oxygens (including phenoxy) is 1. The number of ketones is 1. The lowest BCUT2D eigenvalue weighted by Crippen LogP contribution is -2.15. The molecular formula is C17H15NO3S2. The Morgan fingerprint density at radius 3 is 2.70 bits per heavy atom. The summed E-state index contributed by atoms with van der Waals surface area (Å²) in [7, 11) is 0. The van der Waals surface area contributed by atoms with Crippen molar-refractivity contribution in [1.82, 2.24) is 4.98 Å². The zero-order valence-corrected chi connectivity index (χ0v) is 14.4. The monoisotopic (exact) mass is 345 g/mol. The predicted octanol–water partition coefficient (Wildman–Crippen LogP) is 3.94. The molecule has 1 aromatic carbocycles. The van der Waals surface area contributed by atoms with Gasteiger partial charge in [-0.2, -0.15) is 0 Å². The van der Waals surface area contributed by atoms with Gasteiger partial charge in [-0.25, -0.2) is 4.98 Å². The second-order valence-corrected chi connectivity index (χ2v) is 7.29. The fourth-order valence-electron chi connectivity index (χ4n) is 2.34. The van der Waals surface area contributed by atoms with Crippen molar-refractivity contribution in [2.24, 2.45) is 0 Å². The third kappa shape index (κ3) is 3.48. The van der Waals surface area contributed by atoms with E-state index in [1.807, 2.05) is 43.5 Å². The summed E-state index contributed by atoms with van der Waals surface area (Å²) < 4.78 is 6.17. The minimum absolute atomic E-state index is 0.100. The van der Waals surface area contributed by atoms with E-state index in [9.17, 15) is 9.59 Å². The first-order valence-corrected chi connectivity index (χ1v) is 8.82. The number of thiophene rings is 1. The highest BCUT2D eigenvalue weighted by molar-refractivity contribution is 7.21. The first-order valence-electron chi connectivity index (χ1n) is 7.12. The van der Waals surface area contributed by atoms with E-state index in [4.69, 9.17) is 4.74 Å². The highest BCUT2D eigenvalue weighted by Gasteiger charge is 2.17. The van der Waals surface area contributed by atoms with Crippen LogP contribution in [0.5, 0.6) is 0 Å². The van der Waals surface area contributed by atoms with Gasteiger partial charge in [-0.05, 0) is 30.9 Å². The number of carbonyl (C=O) groups is 2. The molecule has 2 aromatic heterocycles. The maximum atomic E-state index is 12.3. The molecule has 23 heavy (non-hydrogen) atoms. The summed E-state index contributed by atoms with van der Waals surface area (Å²) in [5, 5.41) is 3.81. The van der Waals surface area contributed by atoms with Gasteiger partial charge in [0.2, 0.25) is 5.78 Å². The molecule has 0 saturated carbocycles. The van der Waals surface area contributed by atoms with Crippen molar-refractivity contribution in [3.63, 3.8) is 0 Å². The minimum atomic E-state index is -0.428. The number of rotatable bonds is 5. The molecule has 0 radical (unpaired) electrons. The number of carbonyl (C=O) groups excluding carboxylic acids is 2. The molecule has 3 aromatic rings. The van der Waals surface area contributed by atoms with Crippen molar-refractivity contribution in [3.05, 3.63) is 50.8 Å². The Morgan fingerprint density at radius 1 is 1.22 bits per heavy atom. The molecule has 118 valence electrons. The first kappa shape index (κ1) is 15.8. The number of fused-ring (bicyclic) bond motifs is 1. The zero-order chi connectivity index (χ0) is 16.4. The van der Waals surface area contributed by atoms with Crippen LogP contribution in [0.1, 0.15) is 25.9 Å². The second kappa shape index (κ2) is 6.60. The number of benzene rings is 1. The number of nitrogens with zero attached hydrogens (tertiary/aromatic N) is 1. The summed E-state index contributed by atoms with van der Waals surface area (Å²) in [6, 6.07) is 7.88. The van der Waals surface area contributed by atoms with E-state index in [0.29, 0.717) is 10.6 Å². The molecule has 0 unspecified atom stereocenters. The second-order valence-electron chi connectivity index (χ2n) is 5.17. The van der Waals surface area contributed by atoms with Crippen LogP contribution < -0.4 is 0 Å². The number of hydrogen-bond donors (Lipinski definition) is 0. The van der Waals surface area contributed by atoms with Crippen LogP contribution in [0.3, 0.4) is 0 Å². The molecular weight excluding hydrogens is 330 g/mol. The van der Waals surface area contributed by atoms with E-state index in [1.165, 1.54) is 22.7 Å². The standard InChI is InChI=1S/C17H15NO3S2/c1-10-13-5-3-4-6-15(13)23-17(10)14(19)8-21-16(20)7-12-9-22-11(2)18-12/h3-6,9H,7-8H2,1-2H3. The van der Waals surface area contributed by atoms with Crippen molar-refractivity contribution in [3.8, 4) is 0 Å². The fraction of sp³-hybridized carbons (Fsp3) is 0.235. The lowest BCUT2D eigenvalue weighted by molar-refractivity contribution is -0.141. The van der Waals surface area contributed by atoms with Crippen molar-refractivity contribution < 1.29 is 14.3 Å². The molecule has 0 N–H and O–H groups in total. The fourth-order valence-corrected chi connectivity index (χ4v) is 4.09. The van der Waals surface area contributed by atoms with Crippen molar-refractivity contribution in [2.45, 2.75) is 20.3 Å². The summed E-state index contributed by atoms with van der Waals surface area (Å²) in [5.74, 6) is -0.589. The SMILES string of the molecule is Cc1nc(CC(=O)OCC(=O)c2sc3ccccc3c2C)cs1. The maximum Gasteiger partial charge on any atom is 0.312 e. The highest BCUT2D eigenvalue weighted by atomic mass is 32.1. The smallest absolute Gasteiger partial charge is 0.312 e. The Morgan fingerprint density at radius 2 is 2.00 bits per heavy atom. The van der Waals surface area contributed by atoms with Crippen molar-refractivity contribution in [2.75, 3.05) is 6.61 Å². The van der Waals surface area contributed by atoms with Crippen molar-refractivity contribution in [1.29, 1.82) is 0 Å². The lowest BCUT2D eigenvalue weighted by atomic mass is 10.1. The van der Waals surface area contributed by atoms with Gasteiger partial charge in [-0.3, -0.25) is 9.59 Å². The van der Waals surface area contributed by atoms with Gasteiger partial charge < -0.3 is 4.74 Å². The van der Waals surface area contributed by atoms with E-state index in [-0.39, 0.29) is 18.8 Å². The van der Waals surface area contributed by atoms with Gasteiger partial charge in [-0.15, -0.1) is 22.7 Å². The lowest BCUT2D eigenvalue weighted by Gasteiger charge is -2.03. The summed E-state index contributed by atoms with van der Waals surface area (Å²) in [6.45, 7) is 3.58. The van der Waals surface area contributed by atoms with E-state index in [1.54, 1.807) is 0 Å². The van der Waals surface area contributed by atoms with Gasteiger partial charge >= 0.3 is 5.97 Å². The number of thiazole rings is 1. The Hall–Kier alpha value is -2.05.